The minimum Gasteiger partial charge on any atom is -0.481 e. The number of amides is 1. The molecular formula is C12H14ClN3O3S. The van der Waals surface area contributed by atoms with Crippen LogP contribution in [0.3, 0.4) is 0 Å². The normalized spacial score (nSPS) is 22.1. The van der Waals surface area contributed by atoms with E-state index in [2.05, 4.69) is 9.97 Å². The number of carbonyl (C=O) groups excluding carboxylic acids is 1. The van der Waals surface area contributed by atoms with Crippen LogP contribution in [0.15, 0.2) is 11.4 Å². The van der Waals surface area contributed by atoms with Crippen LogP contribution in [0.4, 0.5) is 0 Å². The van der Waals surface area contributed by atoms with Crippen LogP contribution in [0.5, 0.6) is 0 Å². The summed E-state index contributed by atoms with van der Waals surface area (Å²) >= 11 is 7.27. The van der Waals surface area contributed by atoms with E-state index < -0.39 is 11.4 Å². The largest absolute Gasteiger partial charge is 0.481 e. The predicted octanol–water partition coefficient (Wildman–Crippen LogP) is 1.79. The summed E-state index contributed by atoms with van der Waals surface area (Å²) in [6.07, 6.45) is 3.61. The van der Waals surface area contributed by atoms with Gasteiger partial charge in [-0.1, -0.05) is 23.4 Å². The van der Waals surface area contributed by atoms with Gasteiger partial charge >= 0.3 is 5.97 Å². The Labute approximate surface area is 125 Å². The van der Waals surface area contributed by atoms with Crippen molar-refractivity contribution in [2.45, 2.75) is 18.5 Å². The topological polar surface area (TPSA) is 83.4 Å². The Bertz CT molecular complexity index is 569. The minimum absolute atomic E-state index is 0.126. The summed E-state index contributed by atoms with van der Waals surface area (Å²) in [7, 11) is 0. The van der Waals surface area contributed by atoms with Gasteiger partial charge in [-0.15, -0.1) is 0 Å². The summed E-state index contributed by atoms with van der Waals surface area (Å²) in [5.74, 6) is -1.25. The summed E-state index contributed by atoms with van der Waals surface area (Å²) in [4.78, 5) is 33.2. The molecule has 1 fully saturated rings. The zero-order valence-electron chi connectivity index (χ0n) is 11.1. The molecule has 108 valence electrons. The van der Waals surface area contributed by atoms with Crippen LogP contribution in [0, 0.1) is 5.41 Å². The molecule has 1 aromatic heterocycles. The maximum Gasteiger partial charge on any atom is 0.311 e. The number of carboxylic acid groups (broad SMARTS) is 1. The van der Waals surface area contributed by atoms with E-state index in [-0.39, 0.29) is 23.2 Å². The molecule has 0 radical (unpaired) electrons. The van der Waals surface area contributed by atoms with E-state index in [4.69, 9.17) is 11.6 Å². The van der Waals surface area contributed by atoms with E-state index in [1.54, 1.807) is 13.2 Å². The molecule has 2 rings (SSSR count). The predicted molar refractivity (Wildman–Crippen MR) is 75.1 cm³/mol. The van der Waals surface area contributed by atoms with E-state index in [1.807, 2.05) is 0 Å². The summed E-state index contributed by atoms with van der Waals surface area (Å²) in [5.41, 5.74) is -0.780. The molecule has 1 amide bonds. The zero-order chi connectivity index (χ0) is 14.9. The number of carboxylic acids is 1. The smallest absolute Gasteiger partial charge is 0.311 e. The number of nitrogens with zero attached hydrogens (tertiary/aromatic N) is 3. The monoisotopic (exact) mass is 315 g/mol. The maximum atomic E-state index is 12.4. The van der Waals surface area contributed by atoms with Crippen molar-refractivity contribution in [3.8, 4) is 0 Å². The van der Waals surface area contributed by atoms with Gasteiger partial charge in [0.1, 0.15) is 0 Å². The molecule has 1 aliphatic rings. The molecule has 0 bridgehead atoms. The first-order chi connectivity index (χ1) is 9.37. The Kier molecular flexibility index (Phi) is 4.19. The minimum atomic E-state index is -0.905. The summed E-state index contributed by atoms with van der Waals surface area (Å²) in [5, 5.41) is 9.82. The van der Waals surface area contributed by atoms with E-state index in [0.29, 0.717) is 18.1 Å². The molecule has 6 nitrogen and oxygen atoms in total. The van der Waals surface area contributed by atoms with Gasteiger partial charge in [-0.25, -0.2) is 9.97 Å². The first-order valence-corrected chi connectivity index (χ1v) is 7.57. The molecule has 0 aromatic carbocycles. The van der Waals surface area contributed by atoms with Gasteiger partial charge in [0.2, 0.25) is 0 Å². The second kappa shape index (κ2) is 5.57. The van der Waals surface area contributed by atoms with Crippen molar-refractivity contribution >= 4 is 35.2 Å². The van der Waals surface area contributed by atoms with Crippen LogP contribution < -0.4 is 0 Å². The number of rotatable bonds is 3. The van der Waals surface area contributed by atoms with Gasteiger partial charge in [0, 0.05) is 13.1 Å². The van der Waals surface area contributed by atoms with Crippen molar-refractivity contribution < 1.29 is 14.7 Å². The van der Waals surface area contributed by atoms with Crippen molar-refractivity contribution in [3.05, 3.63) is 16.9 Å². The average Bonchev–Trinajstić information content (AvgIpc) is 2.83. The van der Waals surface area contributed by atoms with Crippen molar-refractivity contribution in [1.82, 2.24) is 14.9 Å². The Morgan fingerprint density at radius 3 is 2.80 bits per heavy atom. The van der Waals surface area contributed by atoms with Crippen LogP contribution in [-0.2, 0) is 4.79 Å². The van der Waals surface area contributed by atoms with Gasteiger partial charge in [-0.2, -0.15) is 0 Å². The van der Waals surface area contributed by atoms with E-state index in [1.165, 1.54) is 22.9 Å². The number of aromatic nitrogens is 2. The Hall–Kier alpha value is -1.34. The van der Waals surface area contributed by atoms with Crippen LogP contribution >= 0.6 is 23.4 Å². The number of halogens is 1. The van der Waals surface area contributed by atoms with Crippen molar-refractivity contribution in [2.75, 3.05) is 19.3 Å². The summed E-state index contributed by atoms with van der Waals surface area (Å²) in [6, 6.07) is 0. The first-order valence-electron chi connectivity index (χ1n) is 5.96. The fourth-order valence-corrected chi connectivity index (χ4v) is 2.57. The van der Waals surface area contributed by atoms with Crippen molar-refractivity contribution in [1.29, 1.82) is 0 Å². The highest BCUT2D eigenvalue weighted by Crippen LogP contribution is 2.31. The summed E-state index contributed by atoms with van der Waals surface area (Å²) in [6.45, 7) is 2.18. The molecule has 0 saturated carbocycles. The zero-order valence-corrected chi connectivity index (χ0v) is 12.7. The molecule has 20 heavy (non-hydrogen) atoms. The Morgan fingerprint density at radius 2 is 2.25 bits per heavy atom. The molecule has 8 heteroatoms. The van der Waals surface area contributed by atoms with E-state index in [9.17, 15) is 14.7 Å². The van der Waals surface area contributed by atoms with Gasteiger partial charge in [-0.05, 0) is 19.6 Å². The number of likely N-dealkylation sites (tertiary alicyclic amines) is 1. The maximum absolute atomic E-state index is 12.4. The lowest BCUT2D eigenvalue weighted by atomic mass is 9.90. The third-order valence-electron chi connectivity index (χ3n) is 3.38. The lowest BCUT2D eigenvalue weighted by Crippen LogP contribution is -2.35. The highest BCUT2D eigenvalue weighted by molar-refractivity contribution is 7.98. The van der Waals surface area contributed by atoms with Gasteiger partial charge in [0.25, 0.3) is 5.91 Å². The molecule has 1 atom stereocenters. The molecule has 1 aliphatic heterocycles. The highest BCUT2D eigenvalue weighted by Gasteiger charge is 2.42. The highest BCUT2D eigenvalue weighted by atomic mass is 35.5. The number of hydrogen-bond donors (Lipinski definition) is 1. The van der Waals surface area contributed by atoms with E-state index in [0.717, 1.165) is 0 Å². The molecule has 0 spiro atoms. The van der Waals surface area contributed by atoms with Gasteiger partial charge < -0.3 is 10.0 Å². The number of carbonyl (C=O) groups is 2. The standard InChI is InChI=1S/C12H14ClN3O3S/c1-12(10(18)19)3-4-16(6-12)9(17)8-7(13)5-14-11(15-8)20-2/h5H,3-4,6H2,1-2H3,(H,18,19). The van der Waals surface area contributed by atoms with Crippen LogP contribution in [0.2, 0.25) is 5.02 Å². The lowest BCUT2D eigenvalue weighted by molar-refractivity contribution is -0.147. The second-order valence-electron chi connectivity index (χ2n) is 4.90. The van der Waals surface area contributed by atoms with Crippen LogP contribution in [0.1, 0.15) is 23.8 Å². The first kappa shape index (κ1) is 15.1. The molecular weight excluding hydrogens is 302 g/mol. The molecule has 1 saturated heterocycles. The van der Waals surface area contributed by atoms with E-state index >= 15 is 0 Å². The van der Waals surface area contributed by atoms with Crippen LogP contribution in [-0.4, -0.2) is 51.2 Å². The second-order valence-corrected chi connectivity index (χ2v) is 6.08. The molecule has 2 heterocycles. The molecule has 0 aliphatic carbocycles. The Balaban J connectivity index is 2.23. The number of thioether (sulfide) groups is 1. The van der Waals surface area contributed by atoms with Gasteiger partial charge in [0.15, 0.2) is 10.9 Å². The third kappa shape index (κ3) is 2.73. The Morgan fingerprint density at radius 1 is 1.55 bits per heavy atom. The fraction of sp³-hybridized carbons (Fsp3) is 0.500. The van der Waals surface area contributed by atoms with Gasteiger partial charge in [0.05, 0.1) is 16.6 Å². The molecule has 1 unspecified atom stereocenters. The number of hydrogen-bond acceptors (Lipinski definition) is 5. The van der Waals surface area contributed by atoms with Crippen LogP contribution in [0.25, 0.3) is 0 Å². The molecule has 1 N–H and O–H groups in total. The summed E-state index contributed by atoms with van der Waals surface area (Å²) < 4.78 is 0. The van der Waals surface area contributed by atoms with Crippen molar-refractivity contribution in [3.63, 3.8) is 0 Å². The average molecular weight is 316 g/mol. The fourth-order valence-electron chi connectivity index (χ4n) is 2.06. The number of aliphatic carboxylic acids is 1. The molecule has 1 aromatic rings. The van der Waals surface area contributed by atoms with Crippen molar-refractivity contribution in [2.24, 2.45) is 5.41 Å². The lowest BCUT2D eigenvalue weighted by Gasteiger charge is -2.20. The third-order valence-corrected chi connectivity index (χ3v) is 4.22. The SMILES string of the molecule is CSc1ncc(Cl)c(C(=O)N2CCC(C)(C(=O)O)C2)n1. The van der Waals surface area contributed by atoms with Gasteiger partial charge in [-0.3, -0.25) is 9.59 Å². The quantitative estimate of drug-likeness (QED) is 0.676.